The molecule has 2 atom stereocenters. The van der Waals surface area contributed by atoms with Crippen LogP contribution in [0.2, 0.25) is 0 Å². The lowest BCUT2D eigenvalue weighted by atomic mass is 10.1. The quantitative estimate of drug-likeness (QED) is 0.681. The molecule has 2 nitrogen and oxygen atoms in total. The van der Waals surface area contributed by atoms with Gasteiger partial charge < -0.3 is 9.47 Å². The maximum Gasteiger partial charge on any atom is 0.184 e. The predicted molar refractivity (Wildman–Crippen MR) is 54.9 cm³/mol. The molecule has 1 heterocycles. The van der Waals surface area contributed by atoms with E-state index < -0.39 is 0 Å². The molecule has 1 aromatic carbocycles. The van der Waals surface area contributed by atoms with E-state index in [1.54, 1.807) is 0 Å². The van der Waals surface area contributed by atoms with Crippen LogP contribution in [0.1, 0.15) is 32.1 Å². The summed E-state index contributed by atoms with van der Waals surface area (Å²) >= 11 is 0. The second kappa shape index (κ2) is 4.11. The van der Waals surface area contributed by atoms with Gasteiger partial charge in [-0.1, -0.05) is 30.3 Å². The van der Waals surface area contributed by atoms with E-state index in [-0.39, 0.29) is 18.5 Å². The van der Waals surface area contributed by atoms with Gasteiger partial charge in [-0.2, -0.15) is 0 Å². The van der Waals surface area contributed by atoms with E-state index in [0.29, 0.717) is 0 Å². The van der Waals surface area contributed by atoms with Crippen LogP contribution in [0.4, 0.5) is 0 Å². The summed E-state index contributed by atoms with van der Waals surface area (Å²) in [5.74, 6) is 0. The van der Waals surface area contributed by atoms with Crippen molar-refractivity contribution in [3.63, 3.8) is 0 Å². The molecule has 1 aliphatic rings. The van der Waals surface area contributed by atoms with E-state index in [1.165, 1.54) is 0 Å². The Morgan fingerprint density at radius 1 is 1.00 bits per heavy atom. The van der Waals surface area contributed by atoms with Crippen LogP contribution in [0, 0.1) is 0 Å². The predicted octanol–water partition coefficient (Wildman–Crippen LogP) is 2.90. The summed E-state index contributed by atoms with van der Waals surface area (Å²) < 4.78 is 11.4. The zero-order chi connectivity index (χ0) is 9.97. The lowest BCUT2D eigenvalue weighted by Gasteiger charge is -2.32. The van der Waals surface area contributed by atoms with E-state index >= 15 is 0 Å². The first-order chi connectivity index (χ1) is 6.75. The molecule has 0 N–H and O–H groups in total. The van der Waals surface area contributed by atoms with Crippen molar-refractivity contribution >= 4 is 0 Å². The molecule has 1 fully saturated rings. The SMILES string of the molecule is CC1CC(C)OC(c2ccccc2)O1. The molecule has 76 valence electrons. The van der Waals surface area contributed by atoms with E-state index in [2.05, 4.69) is 13.8 Å². The second-order valence-corrected chi connectivity index (χ2v) is 3.87. The maximum atomic E-state index is 5.72. The van der Waals surface area contributed by atoms with E-state index in [4.69, 9.17) is 9.47 Å². The summed E-state index contributed by atoms with van der Waals surface area (Å²) in [7, 11) is 0. The van der Waals surface area contributed by atoms with Gasteiger partial charge in [0.05, 0.1) is 12.2 Å². The Kier molecular flexibility index (Phi) is 2.85. The Bertz CT molecular complexity index is 274. The van der Waals surface area contributed by atoms with Gasteiger partial charge in [0.2, 0.25) is 0 Å². The lowest BCUT2D eigenvalue weighted by Crippen LogP contribution is -2.30. The standard InChI is InChI=1S/C12H16O2/c1-9-8-10(2)14-12(13-9)11-6-4-3-5-7-11/h3-7,9-10,12H,8H2,1-2H3. The fourth-order valence-corrected chi connectivity index (χ4v) is 1.80. The van der Waals surface area contributed by atoms with Crippen molar-refractivity contribution in [3.05, 3.63) is 35.9 Å². The summed E-state index contributed by atoms with van der Waals surface area (Å²) in [4.78, 5) is 0. The van der Waals surface area contributed by atoms with Crippen molar-refractivity contribution in [2.45, 2.75) is 38.8 Å². The molecule has 2 heteroatoms. The Hall–Kier alpha value is -0.860. The minimum atomic E-state index is -0.185. The lowest BCUT2D eigenvalue weighted by molar-refractivity contribution is -0.239. The fraction of sp³-hybridized carbons (Fsp3) is 0.500. The Balaban J connectivity index is 2.11. The molecule has 2 unspecified atom stereocenters. The molecular weight excluding hydrogens is 176 g/mol. The third kappa shape index (κ3) is 2.14. The van der Waals surface area contributed by atoms with Crippen LogP contribution < -0.4 is 0 Å². The minimum absolute atomic E-state index is 0.185. The van der Waals surface area contributed by atoms with Crippen LogP contribution in [-0.2, 0) is 9.47 Å². The van der Waals surface area contributed by atoms with Crippen LogP contribution in [0.15, 0.2) is 30.3 Å². The highest BCUT2D eigenvalue weighted by Gasteiger charge is 2.25. The molecule has 1 saturated heterocycles. The minimum Gasteiger partial charge on any atom is -0.345 e. The third-order valence-corrected chi connectivity index (χ3v) is 2.45. The molecule has 0 aliphatic carbocycles. The average Bonchev–Trinajstić information content (AvgIpc) is 2.18. The largest absolute Gasteiger partial charge is 0.345 e. The van der Waals surface area contributed by atoms with Crippen molar-refractivity contribution in [1.82, 2.24) is 0 Å². The normalized spacial score (nSPS) is 32.9. The molecule has 1 aromatic rings. The Morgan fingerprint density at radius 3 is 2.14 bits per heavy atom. The molecule has 0 radical (unpaired) electrons. The van der Waals surface area contributed by atoms with E-state index in [9.17, 15) is 0 Å². The molecule has 2 rings (SSSR count). The van der Waals surface area contributed by atoms with Crippen LogP contribution in [-0.4, -0.2) is 12.2 Å². The van der Waals surface area contributed by atoms with Gasteiger partial charge in [0.25, 0.3) is 0 Å². The topological polar surface area (TPSA) is 18.5 Å². The monoisotopic (exact) mass is 192 g/mol. The van der Waals surface area contributed by atoms with Gasteiger partial charge >= 0.3 is 0 Å². The first-order valence-electron chi connectivity index (χ1n) is 5.11. The van der Waals surface area contributed by atoms with Crippen molar-refractivity contribution in [2.75, 3.05) is 0 Å². The molecule has 0 saturated carbocycles. The molecular formula is C12H16O2. The van der Waals surface area contributed by atoms with Gasteiger partial charge in [0.15, 0.2) is 6.29 Å². The first kappa shape index (κ1) is 9.69. The molecule has 0 spiro atoms. The summed E-state index contributed by atoms with van der Waals surface area (Å²) in [6, 6.07) is 10.1. The van der Waals surface area contributed by atoms with Crippen LogP contribution in [0.25, 0.3) is 0 Å². The Labute approximate surface area is 84.8 Å². The van der Waals surface area contributed by atoms with E-state index in [1.807, 2.05) is 30.3 Å². The highest BCUT2D eigenvalue weighted by Crippen LogP contribution is 2.28. The van der Waals surface area contributed by atoms with Crippen LogP contribution in [0.5, 0.6) is 0 Å². The maximum absolute atomic E-state index is 5.72. The van der Waals surface area contributed by atoms with Gasteiger partial charge in [-0.25, -0.2) is 0 Å². The van der Waals surface area contributed by atoms with Gasteiger partial charge in [-0.05, 0) is 20.3 Å². The van der Waals surface area contributed by atoms with Crippen LogP contribution >= 0.6 is 0 Å². The number of rotatable bonds is 1. The molecule has 1 aliphatic heterocycles. The first-order valence-corrected chi connectivity index (χ1v) is 5.11. The Morgan fingerprint density at radius 2 is 1.57 bits per heavy atom. The number of ether oxygens (including phenoxy) is 2. The number of hydrogen-bond acceptors (Lipinski definition) is 2. The van der Waals surface area contributed by atoms with Gasteiger partial charge in [-0.3, -0.25) is 0 Å². The summed E-state index contributed by atoms with van der Waals surface area (Å²) in [5.41, 5.74) is 1.10. The van der Waals surface area contributed by atoms with Gasteiger partial charge in [-0.15, -0.1) is 0 Å². The van der Waals surface area contributed by atoms with Gasteiger partial charge in [0, 0.05) is 5.56 Å². The van der Waals surface area contributed by atoms with Gasteiger partial charge in [0.1, 0.15) is 0 Å². The van der Waals surface area contributed by atoms with Crippen molar-refractivity contribution in [3.8, 4) is 0 Å². The van der Waals surface area contributed by atoms with Crippen molar-refractivity contribution in [2.24, 2.45) is 0 Å². The summed E-state index contributed by atoms with van der Waals surface area (Å²) in [6.07, 6.45) is 1.35. The number of benzene rings is 1. The zero-order valence-electron chi connectivity index (χ0n) is 8.64. The molecule has 0 amide bonds. The third-order valence-electron chi connectivity index (χ3n) is 2.45. The average molecular weight is 192 g/mol. The summed E-state index contributed by atoms with van der Waals surface area (Å²) in [5, 5.41) is 0. The highest BCUT2D eigenvalue weighted by molar-refractivity contribution is 5.16. The molecule has 14 heavy (non-hydrogen) atoms. The highest BCUT2D eigenvalue weighted by atomic mass is 16.7. The molecule has 0 aromatic heterocycles. The summed E-state index contributed by atoms with van der Waals surface area (Å²) in [6.45, 7) is 4.18. The second-order valence-electron chi connectivity index (χ2n) is 3.87. The van der Waals surface area contributed by atoms with Crippen LogP contribution in [0.3, 0.4) is 0 Å². The number of hydrogen-bond donors (Lipinski definition) is 0. The smallest absolute Gasteiger partial charge is 0.184 e. The molecule has 0 bridgehead atoms. The fourth-order valence-electron chi connectivity index (χ4n) is 1.80. The zero-order valence-corrected chi connectivity index (χ0v) is 8.64. The van der Waals surface area contributed by atoms with Crippen molar-refractivity contribution in [1.29, 1.82) is 0 Å². The van der Waals surface area contributed by atoms with E-state index in [0.717, 1.165) is 12.0 Å². The van der Waals surface area contributed by atoms with Crippen molar-refractivity contribution < 1.29 is 9.47 Å².